The molecule has 1 aromatic rings. The van der Waals surface area contributed by atoms with Gasteiger partial charge in [-0.15, -0.1) is 0 Å². The van der Waals surface area contributed by atoms with Gasteiger partial charge in [-0.1, -0.05) is 19.1 Å². The van der Waals surface area contributed by atoms with E-state index in [1.54, 1.807) is 31.2 Å². The van der Waals surface area contributed by atoms with Crippen LogP contribution in [0.5, 0.6) is 0 Å². The van der Waals surface area contributed by atoms with E-state index >= 15 is 0 Å². The molecule has 4 aliphatic carbocycles. The highest BCUT2D eigenvalue weighted by Gasteiger charge is 2.67. The van der Waals surface area contributed by atoms with Gasteiger partial charge >= 0.3 is 5.97 Å². The van der Waals surface area contributed by atoms with Gasteiger partial charge in [-0.05, 0) is 67.7 Å². The molecule has 31 heavy (non-hydrogen) atoms. The van der Waals surface area contributed by atoms with Gasteiger partial charge in [-0.3, -0.25) is 19.3 Å². The third kappa shape index (κ3) is 3.09. The van der Waals surface area contributed by atoms with Crippen LogP contribution in [0.4, 0.5) is 5.69 Å². The average Bonchev–Trinajstić information content (AvgIpc) is 3.55. The lowest BCUT2D eigenvalue weighted by Crippen LogP contribution is -2.46. The number of allylic oxidation sites excluding steroid dienone is 2. The van der Waals surface area contributed by atoms with E-state index in [4.69, 9.17) is 4.74 Å². The van der Waals surface area contributed by atoms with E-state index in [1.165, 1.54) is 4.90 Å². The van der Waals surface area contributed by atoms with Crippen molar-refractivity contribution in [2.24, 2.45) is 35.5 Å². The summed E-state index contributed by atoms with van der Waals surface area (Å²) in [6.45, 7) is 3.87. The number of carbonyl (C=O) groups is 4. The Morgan fingerprint density at radius 1 is 1.06 bits per heavy atom. The van der Waals surface area contributed by atoms with Crippen LogP contribution in [0.25, 0.3) is 0 Å². The van der Waals surface area contributed by atoms with E-state index in [2.05, 4.69) is 17.5 Å². The molecule has 3 amide bonds. The number of hydrogen-bond acceptors (Lipinski definition) is 5. The van der Waals surface area contributed by atoms with Crippen LogP contribution in [-0.4, -0.2) is 41.2 Å². The average molecular weight is 422 g/mol. The number of imide groups is 1. The predicted molar refractivity (Wildman–Crippen MR) is 112 cm³/mol. The summed E-state index contributed by atoms with van der Waals surface area (Å²) in [7, 11) is 0. The van der Waals surface area contributed by atoms with Gasteiger partial charge in [0.2, 0.25) is 17.7 Å². The summed E-state index contributed by atoms with van der Waals surface area (Å²) in [5, 5.41) is 2.75. The monoisotopic (exact) mass is 422 g/mol. The molecule has 7 nitrogen and oxygen atoms in total. The highest BCUT2D eigenvalue weighted by Crippen LogP contribution is 2.65. The van der Waals surface area contributed by atoms with Crippen LogP contribution in [-0.2, 0) is 19.1 Å². The van der Waals surface area contributed by atoms with E-state index in [-0.39, 0.29) is 35.5 Å². The van der Waals surface area contributed by atoms with Crippen LogP contribution in [0.1, 0.15) is 37.0 Å². The Bertz CT molecular complexity index is 948. The first-order valence-corrected chi connectivity index (χ1v) is 11.1. The number of likely N-dealkylation sites (tertiary alicyclic amines) is 1. The molecule has 0 aromatic heterocycles. The number of anilines is 1. The molecular formula is C24H26N2O5. The van der Waals surface area contributed by atoms with Gasteiger partial charge < -0.3 is 10.1 Å². The number of esters is 1. The Morgan fingerprint density at radius 2 is 1.65 bits per heavy atom. The molecule has 6 rings (SSSR count). The molecule has 1 N–H and O–H groups in total. The zero-order valence-electron chi connectivity index (χ0n) is 17.6. The van der Waals surface area contributed by atoms with Crippen molar-refractivity contribution in [3.63, 3.8) is 0 Å². The minimum absolute atomic E-state index is 0.136. The topological polar surface area (TPSA) is 92.8 Å². The third-order valence-corrected chi connectivity index (χ3v) is 7.29. The molecule has 0 radical (unpaired) electrons. The molecule has 0 unspecified atom stereocenters. The normalized spacial score (nSPS) is 33.0. The van der Waals surface area contributed by atoms with Crippen LogP contribution >= 0.6 is 0 Å². The molecule has 162 valence electrons. The molecule has 1 saturated heterocycles. The summed E-state index contributed by atoms with van der Waals surface area (Å²) in [6.07, 6.45) is 6.08. The number of hydrogen-bond donors (Lipinski definition) is 1. The van der Waals surface area contributed by atoms with Crippen molar-refractivity contribution < 1.29 is 23.9 Å². The summed E-state index contributed by atoms with van der Waals surface area (Å²) in [4.78, 5) is 52.2. The van der Waals surface area contributed by atoms with Gasteiger partial charge in [-0.25, -0.2) is 4.79 Å². The van der Waals surface area contributed by atoms with Crippen molar-refractivity contribution in [1.82, 2.24) is 4.90 Å². The van der Waals surface area contributed by atoms with E-state index in [1.807, 2.05) is 6.92 Å². The molecule has 0 spiro atoms. The fourth-order valence-electron chi connectivity index (χ4n) is 5.69. The van der Waals surface area contributed by atoms with Crippen molar-refractivity contribution in [2.75, 3.05) is 11.9 Å². The SMILES string of the molecule is CCCOC(=O)c1ccc(NC(=O)[C@@H](C)N2C(=O)[C@@H]3[C@@H]4C=C[C@H]([C@H]5C[C@H]45)[C@@H]3C2=O)cc1. The number of ether oxygens (including phenoxy) is 1. The molecule has 7 atom stereocenters. The maximum atomic E-state index is 13.1. The molecule has 1 aromatic carbocycles. The van der Waals surface area contributed by atoms with Crippen LogP contribution in [0, 0.1) is 35.5 Å². The molecule has 1 aliphatic heterocycles. The third-order valence-electron chi connectivity index (χ3n) is 7.29. The number of carbonyl (C=O) groups excluding carboxylic acids is 4. The van der Waals surface area contributed by atoms with Gasteiger partial charge in [0, 0.05) is 5.69 Å². The fourth-order valence-corrected chi connectivity index (χ4v) is 5.69. The Balaban J connectivity index is 1.26. The second-order valence-electron chi connectivity index (χ2n) is 9.08. The summed E-state index contributed by atoms with van der Waals surface area (Å²) in [5.41, 5.74) is 0.887. The first kappa shape index (κ1) is 20.0. The quantitative estimate of drug-likeness (QED) is 0.432. The summed E-state index contributed by atoms with van der Waals surface area (Å²) in [6, 6.07) is 5.48. The smallest absolute Gasteiger partial charge is 0.338 e. The lowest BCUT2D eigenvalue weighted by Gasteiger charge is -2.37. The van der Waals surface area contributed by atoms with E-state index in [0.717, 1.165) is 12.8 Å². The molecule has 7 heteroatoms. The summed E-state index contributed by atoms with van der Waals surface area (Å²) >= 11 is 0. The Morgan fingerprint density at radius 3 is 2.19 bits per heavy atom. The van der Waals surface area contributed by atoms with Gasteiger partial charge in [-0.2, -0.15) is 0 Å². The summed E-state index contributed by atoms with van der Waals surface area (Å²) in [5.74, 6) is -0.553. The lowest BCUT2D eigenvalue weighted by atomic mass is 9.63. The molecule has 5 aliphatic rings. The van der Waals surface area contributed by atoms with Crippen molar-refractivity contribution in [3.05, 3.63) is 42.0 Å². The Kier molecular flexibility index (Phi) is 4.72. The van der Waals surface area contributed by atoms with Gasteiger partial charge in [0.05, 0.1) is 24.0 Å². The first-order chi connectivity index (χ1) is 14.9. The number of benzene rings is 1. The van der Waals surface area contributed by atoms with Crippen molar-refractivity contribution in [3.8, 4) is 0 Å². The van der Waals surface area contributed by atoms with Crippen LogP contribution in [0.15, 0.2) is 36.4 Å². The van der Waals surface area contributed by atoms with Crippen LogP contribution in [0.2, 0.25) is 0 Å². The number of rotatable bonds is 6. The fraction of sp³-hybridized carbons (Fsp3) is 0.500. The Labute approximate surface area is 180 Å². The Hall–Kier alpha value is -2.96. The van der Waals surface area contributed by atoms with E-state index in [9.17, 15) is 19.2 Å². The zero-order chi connectivity index (χ0) is 21.9. The molecule has 2 saturated carbocycles. The minimum Gasteiger partial charge on any atom is -0.462 e. The molecule has 3 fully saturated rings. The maximum absolute atomic E-state index is 13.1. The van der Waals surface area contributed by atoms with Crippen molar-refractivity contribution in [2.45, 2.75) is 32.7 Å². The highest BCUT2D eigenvalue weighted by atomic mass is 16.5. The second kappa shape index (κ2) is 7.32. The zero-order valence-corrected chi connectivity index (χ0v) is 17.6. The second-order valence-corrected chi connectivity index (χ2v) is 9.08. The van der Waals surface area contributed by atoms with E-state index < -0.39 is 17.9 Å². The van der Waals surface area contributed by atoms with Gasteiger partial charge in [0.25, 0.3) is 0 Å². The minimum atomic E-state index is -0.893. The lowest BCUT2D eigenvalue weighted by molar-refractivity contribution is -0.146. The number of nitrogens with zero attached hydrogens (tertiary/aromatic N) is 1. The molecular weight excluding hydrogens is 396 g/mol. The standard InChI is InChI=1S/C24H26N2O5/c1-3-10-31-24(30)13-4-6-14(7-5-13)25-21(27)12(2)26-22(28)19-15-8-9-16(18-11-17(15)18)20(19)23(26)29/h4-9,12,15-20H,3,10-11H2,1-2H3,(H,25,27)/t12-,15-,16-,17-,18-,19-,20+/m1/s1. The van der Waals surface area contributed by atoms with Crippen LogP contribution < -0.4 is 5.32 Å². The van der Waals surface area contributed by atoms with Crippen LogP contribution in [0.3, 0.4) is 0 Å². The molecule has 2 bridgehead atoms. The van der Waals surface area contributed by atoms with Gasteiger partial charge in [0.15, 0.2) is 0 Å². The first-order valence-electron chi connectivity index (χ1n) is 11.1. The van der Waals surface area contributed by atoms with E-state index in [0.29, 0.717) is 29.7 Å². The summed E-state index contributed by atoms with van der Waals surface area (Å²) < 4.78 is 5.09. The van der Waals surface area contributed by atoms with Gasteiger partial charge in [0.1, 0.15) is 6.04 Å². The van der Waals surface area contributed by atoms with Crippen molar-refractivity contribution in [1.29, 1.82) is 0 Å². The largest absolute Gasteiger partial charge is 0.462 e. The maximum Gasteiger partial charge on any atom is 0.338 e. The molecule has 1 heterocycles. The predicted octanol–water partition coefficient (Wildman–Crippen LogP) is 2.63. The number of nitrogens with one attached hydrogen (secondary N) is 1. The van der Waals surface area contributed by atoms with Crippen molar-refractivity contribution >= 4 is 29.4 Å². The number of amides is 3. The highest BCUT2D eigenvalue weighted by molar-refractivity contribution is 6.10.